The number of aryl methyl sites for hydroxylation is 1. The fourth-order valence-corrected chi connectivity index (χ4v) is 2.86. The summed E-state index contributed by atoms with van der Waals surface area (Å²) in [5.74, 6) is 0.796. The minimum absolute atomic E-state index is 0.796. The second kappa shape index (κ2) is 7.66. The summed E-state index contributed by atoms with van der Waals surface area (Å²) in [4.78, 5) is 5.23. The van der Waals surface area contributed by atoms with Crippen LogP contribution in [0.4, 0.5) is 0 Å². The highest BCUT2D eigenvalue weighted by atomic mass is 15.3. The van der Waals surface area contributed by atoms with Crippen LogP contribution in [0.3, 0.4) is 0 Å². The van der Waals surface area contributed by atoms with Crippen molar-refractivity contribution < 1.29 is 0 Å². The van der Waals surface area contributed by atoms with Crippen LogP contribution >= 0.6 is 0 Å². The number of nitrogens with zero attached hydrogens (tertiary/aromatic N) is 2. The zero-order valence-electron chi connectivity index (χ0n) is 12.5. The summed E-state index contributed by atoms with van der Waals surface area (Å²) in [6.07, 6.45) is 2.50. The molecule has 0 spiro atoms. The highest BCUT2D eigenvalue weighted by Gasteiger charge is 2.16. The van der Waals surface area contributed by atoms with Crippen molar-refractivity contribution in [2.75, 3.05) is 39.3 Å². The molecule has 2 nitrogen and oxygen atoms in total. The Balaban J connectivity index is 1.61. The molecule has 1 aliphatic heterocycles. The largest absolute Gasteiger partial charge is 0.301 e. The first-order chi connectivity index (χ1) is 9.24. The Labute approximate surface area is 118 Å². The summed E-state index contributed by atoms with van der Waals surface area (Å²) >= 11 is 0. The van der Waals surface area contributed by atoms with Crippen molar-refractivity contribution in [3.8, 4) is 0 Å². The Bertz CT molecular complexity index is 340. The predicted octanol–water partition coefficient (Wildman–Crippen LogP) is 2.89. The van der Waals surface area contributed by atoms with Crippen LogP contribution in [0.25, 0.3) is 0 Å². The van der Waals surface area contributed by atoms with Gasteiger partial charge in [0, 0.05) is 32.7 Å². The maximum Gasteiger partial charge on any atom is 0.0110 e. The van der Waals surface area contributed by atoms with Crippen molar-refractivity contribution in [1.29, 1.82) is 0 Å². The van der Waals surface area contributed by atoms with Crippen molar-refractivity contribution >= 4 is 0 Å². The smallest absolute Gasteiger partial charge is 0.0110 e. The molecule has 19 heavy (non-hydrogen) atoms. The van der Waals surface area contributed by atoms with Gasteiger partial charge in [-0.1, -0.05) is 44.2 Å². The summed E-state index contributed by atoms with van der Waals surface area (Å²) in [7, 11) is 0. The van der Waals surface area contributed by atoms with E-state index in [-0.39, 0.29) is 0 Å². The fraction of sp³-hybridized carbons (Fsp3) is 0.647. The van der Waals surface area contributed by atoms with Gasteiger partial charge in [0.15, 0.2) is 0 Å². The average Bonchev–Trinajstić information content (AvgIpc) is 2.41. The summed E-state index contributed by atoms with van der Waals surface area (Å²) in [6.45, 7) is 12.1. The van der Waals surface area contributed by atoms with Crippen molar-refractivity contribution in [1.82, 2.24) is 9.80 Å². The third kappa shape index (κ3) is 5.33. The van der Waals surface area contributed by atoms with Crippen LogP contribution in [-0.2, 0) is 6.42 Å². The molecule has 0 atom stereocenters. The van der Waals surface area contributed by atoms with Gasteiger partial charge in [0.1, 0.15) is 0 Å². The van der Waals surface area contributed by atoms with E-state index in [1.807, 2.05) is 0 Å². The maximum absolute atomic E-state index is 2.62. The summed E-state index contributed by atoms with van der Waals surface area (Å²) in [6, 6.07) is 10.8. The third-order valence-corrected chi connectivity index (χ3v) is 3.87. The minimum Gasteiger partial charge on any atom is -0.301 e. The highest BCUT2D eigenvalue weighted by molar-refractivity contribution is 5.14. The fourth-order valence-electron chi connectivity index (χ4n) is 2.86. The van der Waals surface area contributed by atoms with E-state index in [0.717, 1.165) is 5.92 Å². The Hall–Kier alpha value is -0.860. The van der Waals surface area contributed by atoms with Gasteiger partial charge >= 0.3 is 0 Å². The molecule has 0 amide bonds. The van der Waals surface area contributed by atoms with E-state index < -0.39 is 0 Å². The second-order valence-corrected chi connectivity index (χ2v) is 6.13. The number of benzene rings is 1. The van der Waals surface area contributed by atoms with Crippen molar-refractivity contribution in [2.45, 2.75) is 26.7 Å². The minimum atomic E-state index is 0.796. The van der Waals surface area contributed by atoms with Crippen LogP contribution < -0.4 is 0 Å². The molecule has 1 heterocycles. The van der Waals surface area contributed by atoms with Gasteiger partial charge in [-0.25, -0.2) is 0 Å². The molecule has 0 N–H and O–H groups in total. The quantitative estimate of drug-likeness (QED) is 0.776. The molecular weight excluding hydrogens is 232 g/mol. The Kier molecular flexibility index (Phi) is 5.87. The molecule has 0 aliphatic carbocycles. The first-order valence-electron chi connectivity index (χ1n) is 7.72. The second-order valence-electron chi connectivity index (χ2n) is 6.13. The first-order valence-corrected chi connectivity index (χ1v) is 7.72. The molecule has 1 saturated heterocycles. The molecule has 0 saturated carbocycles. The van der Waals surface area contributed by atoms with E-state index in [1.54, 1.807) is 0 Å². The van der Waals surface area contributed by atoms with Gasteiger partial charge in [-0.2, -0.15) is 0 Å². The van der Waals surface area contributed by atoms with Gasteiger partial charge in [0.05, 0.1) is 0 Å². The van der Waals surface area contributed by atoms with Crippen molar-refractivity contribution in [3.05, 3.63) is 35.9 Å². The maximum atomic E-state index is 2.62. The van der Waals surface area contributed by atoms with Gasteiger partial charge < -0.3 is 9.80 Å². The lowest BCUT2D eigenvalue weighted by Crippen LogP contribution is -2.47. The lowest BCUT2D eigenvalue weighted by molar-refractivity contribution is 0.121. The Morgan fingerprint density at radius 1 is 0.947 bits per heavy atom. The number of hydrogen-bond donors (Lipinski definition) is 0. The summed E-state index contributed by atoms with van der Waals surface area (Å²) in [5.41, 5.74) is 1.47. The molecule has 106 valence electrons. The van der Waals surface area contributed by atoms with Crippen LogP contribution in [0, 0.1) is 5.92 Å². The van der Waals surface area contributed by atoms with E-state index >= 15 is 0 Å². The number of piperazine rings is 1. The monoisotopic (exact) mass is 260 g/mol. The van der Waals surface area contributed by atoms with Crippen molar-refractivity contribution in [3.63, 3.8) is 0 Å². The van der Waals surface area contributed by atoms with Crippen LogP contribution in [0.15, 0.2) is 30.3 Å². The normalized spacial score (nSPS) is 18.1. The predicted molar refractivity (Wildman–Crippen MR) is 82.5 cm³/mol. The van der Waals surface area contributed by atoms with Gasteiger partial charge in [-0.3, -0.25) is 0 Å². The van der Waals surface area contributed by atoms with Crippen molar-refractivity contribution in [2.24, 2.45) is 5.92 Å². The third-order valence-electron chi connectivity index (χ3n) is 3.87. The van der Waals surface area contributed by atoms with Crippen LogP contribution in [0.5, 0.6) is 0 Å². The van der Waals surface area contributed by atoms with E-state index in [0.29, 0.717) is 0 Å². The van der Waals surface area contributed by atoms with Gasteiger partial charge in [-0.05, 0) is 30.9 Å². The van der Waals surface area contributed by atoms with E-state index in [4.69, 9.17) is 0 Å². The van der Waals surface area contributed by atoms with E-state index in [1.165, 1.54) is 57.7 Å². The Morgan fingerprint density at radius 2 is 1.58 bits per heavy atom. The van der Waals surface area contributed by atoms with Crippen LogP contribution in [0.1, 0.15) is 25.8 Å². The van der Waals surface area contributed by atoms with Gasteiger partial charge in [0.25, 0.3) is 0 Å². The molecule has 1 aliphatic rings. The first kappa shape index (κ1) is 14.5. The molecule has 0 radical (unpaired) electrons. The standard InChI is InChI=1S/C17H28N2/c1-16(2)15-19-13-11-18(12-14-19)10-6-9-17-7-4-3-5-8-17/h3-5,7-8,16H,6,9-15H2,1-2H3. The highest BCUT2D eigenvalue weighted by Crippen LogP contribution is 2.08. The van der Waals surface area contributed by atoms with Crippen LogP contribution in [-0.4, -0.2) is 49.1 Å². The molecule has 2 rings (SSSR count). The van der Waals surface area contributed by atoms with Gasteiger partial charge in [0.2, 0.25) is 0 Å². The average molecular weight is 260 g/mol. The number of rotatable bonds is 6. The van der Waals surface area contributed by atoms with Gasteiger partial charge in [-0.15, -0.1) is 0 Å². The van der Waals surface area contributed by atoms with Crippen LogP contribution in [0.2, 0.25) is 0 Å². The SMILES string of the molecule is CC(C)CN1CCN(CCCc2ccccc2)CC1. The lowest BCUT2D eigenvalue weighted by atomic mass is 10.1. The molecule has 2 heteroatoms. The molecular formula is C17H28N2. The van der Waals surface area contributed by atoms with E-state index in [2.05, 4.69) is 54.0 Å². The molecule has 1 aromatic rings. The van der Waals surface area contributed by atoms with E-state index in [9.17, 15) is 0 Å². The Morgan fingerprint density at radius 3 is 2.21 bits per heavy atom. The number of hydrogen-bond acceptors (Lipinski definition) is 2. The molecule has 0 aromatic heterocycles. The molecule has 0 unspecified atom stereocenters. The zero-order valence-corrected chi connectivity index (χ0v) is 12.5. The molecule has 0 bridgehead atoms. The zero-order chi connectivity index (χ0) is 13.5. The topological polar surface area (TPSA) is 6.48 Å². The summed E-state index contributed by atoms with van der Waals surface area (Å²) in [5, 5.41) is 0. The molecule has 1 aromatic carbocycles. The summed E-state index contributed by atoms with van der Waals surface area (Å²) < 4.78 is 0. The molecule has 1 fully saturated rings. The lowest BCUT2D eigenvalue weighted by Gasteiger charge is -2.35.